The average molecular weight is 419 g/mol. The quantitative estimate of drug-likeness (QED) is 0.474. The molecule has 4 rings (SSSR count). The Kier molecular flexibility index (Phi) is 6.13. The predicted octanol–water partition coefficient (Wildman–Crippen LogP) is 7.49. The molecule has 0 atom stereocenters. The van der Waals surface area contributed by atoms with Crippen LogP contribution in [0.1, 0.15) is 58.4 Å². The summed E-state index contributed by atoms with van der Waals surface area (Å²) in [6.07, 6.45) is 6.78. The van der Waals surface area contributed by atoms with Gasteiger partial charge in [0.05, 0.1) is 0 Å². The first-order valence-electron chi connectivity index (χ1n) is 10.9. The van der Waals surface area contributed by atoms with Crippen LogP contribution in [0.5, 0.6) is 0 Å². The molecule has 0 spiro atoms. The van der Waals surface area contributed by atoms with E-state index in [1.54, 1.807) is 6.07 Å². The van der Waals surface area contributed by atoms with Crippen molar-refractivity contribution in [2.24, 2.45) is 0 Å². The summed E-state index contributed by atoms with van der Waals surface area (Å²) in [5, 5.41) is 0. The molecule has 0 nitrogen and oxygen atoms in total. The third-order valence-corrected chi connectivity index (χ3v) is 11.7. The lowest BCUT2D eigenvalue weighted by molar-refractivity contribution is 0.591. The fourth-order valence-electron chi connectivity index (χ4n) is 4.72. The molecular formula is C25H35FS2. The fourth-order valence-corrected chi connectivity index (χ4v) is 9.99. The fraction of sp³-hybridized carbons (Fsp3) is 0.520. The molecule has 28 heavy (non-hydrogen) atoms. The largest absolute Gasteiger partial charge is 0.227 e. The van der Waals surface area contributed by atoms with Gasteiger partial charge in [0.2, 0.25) is 0 Å². The SMILES string of the molecule is CC(C)(C)c1ccc([SH]2CCCC2)cc1-c1cc(F)ccc1[SH]1CCCCC1. The van der Waals surface area contributed by atoms with Crippen molar-refractivity contribution >= 4 is 21.8 Å². The Bertz CT molecular complexity index is 825. The highest BCUT2D eigenvalue weighted by atomic mass is 32.2. The summed E-state index contributed by atoms with van der Waals surface area (Å²) in [5.41, 5.74) is 3.92. The number of hydrogen-bond donors (Lipinski definition) is 2. The van der Waals surface area contributed by atoms with Crippen LogP contribution in [0.15, 0.2) is 46.2 Å². The second-order valence-corrected chi connectivity index (χ2v) is 14.3. The third-order valence-electron chi connectivity index (χ3n) is 6.23. The van der Waals surface area contributed by atoms with E-state index in [2.05, 4.69) is 45.0 Å². The molecule has 2 aromatic carbocycles. The molecule has 2 fully saturated rings. The minimum Gasteiger partial charge on any atom is -0.227 e. The molecule has 2 heterocycles. The Morgan fingerprint density at radius 3 is 2.04 bits per heavy atom. The Balaban J connectivity index is 1.86. The van der Waals surface area contributed by atoms with Gasteiger partial charge in [-0.2, -0.15) is 0 Å². The Morgan fingerprint density at radius 1 is 0.714 bits per heavy atom. The molecule has 0 N–H and O–H groups in total. The number of benzene rings is 2. The van der Waals surface area contributed by atoms with Gasteiger partial charge in [0, 0.05) is 0 Å². The maximum Gasteiger partial charge on any atom is 0.123 e. The van der Waals surface area contributed by atoms with Gasteiger partial charge in [0.1, 0.15) is 5.82 Å². The van der Waals surface area contributed by atoms with Gasteiger partial charge in [-0.05, 0) is 111 Å². The molecular weight excluding hydrogens is 383 g/mol. The topological polar surface area (TPSA) is 0 Å². The van der Waals surface area contributed by atoms with Crippen LogP contribution in [-0.4, -0.2) is 23.0 Å². The number of thiol groups is 2. The average Bonchev–Trinajstić information content (AvgIpc) is 3.22. The second kappa shape index (κ2) is 8.44. The van der Waals surface area contributed by atoms with E-state index in [4.69, 9.17) is 0 Å². The monoisotopic (exact) mass is 418 g/mol. The van der Waals surface area contributed by atoms with Gasteiger partial charge in [-0.1, -0.05) is 33.3 Å². The van der Waals surface area contributed by atoms with E-state index in [1.165, 1.54) is 81.6 Å². The van der Waals surface area contributed by atoms with Crippen molar-refractivity contribution in [1.82, 2.24) is 0 Å². The van der Waals surface area contributed by atoms with E-state index in [0.29, 0.717) is 0 Å². The van der Waals surface area contributed by atoms with Crippen LogP contribution in [0.3, 0.4) is 0 Å². The minimum absolute atomic E-state index is 0.0153. The zero-order valence-electron chi connectivity index (χ0n) is 17.6. The Labute approximate surface area is 176 Å². The van der Waals surface area contributed by atoms with Crippen molar-refractivity contribution in [1.29, 1.82) is 0 Å². The van der Waals surface area contributed by atoms with Crippen LogP contribution in [0.2, 0.25) is 0 Å². The third kappa shape index (κ3) is 4.31. The number of rotatable bonds is 3. The first-order chi connectivity index (χ1) is 13.4. The number of halogens is 1. The normalized spacial score (nSPS) is 20.6. The zero-order chi connectivity index (χ0) is 19.7. The summed E-state index contributed by atoms with van der Waals surface area (Å²) in [6.45, 7) is 6.87. The van der Waals surface area contributed by atoms with Crippen molar-refractivity contribution in [3.05, 3.63) is 47.8 Å². The molecule has 0 saturated carbocycles. The van der Waals surface area contributed by atoms with E-state index in [9.17, 15) is 4.39 Å². The summed E-state index contributed by atoms with van der Waals surface area (Å²) >= 11 is 0. The van der Waals surface area contributed by atoms with E-state index in [-0.39, 0.29) is 33.0 Å². The predicted molar refractivity (Wildman–Crippen MR) is 128 cm³/mol. The van der Waals surface area contributed by atoms with Crippen molar-refractivity contribution in [2.75, 3.05) is 23.0 Å². The molecule has 2 aliphatic heterocycles. The highest BCUT2D eigenvalue weighted by Gasteiger charge is 2.24. The van der Waals surface area contributed by atoms with Gasteiger partial charge in [-0.25, -0.2) is 26.2 Å². The van der Waals surface area contributed by atoms with Crippen molar-refractivity contribution in [3.63, 3.8) is 0 Å². The zero-order valence-corrected chi connectivity index (χ0v) is 19.4. The Morgan fingerprint density at radius 2 is 1.36 bits per heavy atom. The van der Waals surface area contributed by atoms with Gasteiger partial charge in [-0.15, -0.1) is 0 Å². The van der Waals surface area contributed by atoms with Crippen LogP contribution in [0.25, 0.3) is 11.1 Å². The molecule has 2 aliphatic rings. The summed E-state index contributed by atoms with van der Waals surface area (Å²) in [7, 11) is -0.168. The lowest BCUT2D eigenvalue weighted by Gasteiger charge is -2.31. The van der Waals surface area contributed by atoms with Crippen molar-refractivity contribution in [2.45, 2.75) is 68.1 Å². The van der Waals surface area contributed by atoms with Gasteiger partial charge in [-0.3, -0.25) is 0 Å². The van der Waals surface area contributed by atoms with E-state index in [0.717, 1.165) is 0 Å². The first-order valence-corrected chi connectivity index (χ1v) is 14.3. The minimum atomic E-state index is -0.153. The Hall–Kier alpha value is -0.930. The van der Waals surface area contributed by atoms with Gasteiger partial charge in [0.15, 0.2) is 0 Å². The van der Waals surface area contributed by atoms with E-state index in [1.807, 2.05) is 6.07 Å². The molecule has 154 valence electrons. The van der Waals surface area contributed by atoms with Crippen LogP contribution < -0.4 is 0 Å². The van der Waals surface area contributed by atoms with Crippen molar-refractivity contribution in [3.8, 4) is 11.1 Å². The molecule has 0 bridgehead atoms. The van der Waals surface area contributed by atoms with Gasteiger partial charge >= 0.3 is 0 Å². The summed E-state index contributed by atoms with van der Waals surface area (Å²) in [6, 6.07) is 12.8. The lowest BCUT2D eigenvalue weighted by Crippen LogP contribution is -2.14. The summed E-state index contributed by atoms with van der Waals surface area (Å²) < 4.78 is 14.4. The molecule has 0 aliphatic carbocycles. The maximum atomic E-state index is 14.4. The molecule has 3 heteroatoms. The van der Waals surface area contributed by atoms with Gasteiger partial charge < -0.3 is 0 Å². The molecule has 0 aromatic heterocycles. The van der Waals surface area contributed by atoms with Crippen LogP contribution in [0, 0.1) is 5.82 Å². The second-order valence-electron chi connectivity index (χ2n) is 9.38. The number of hydrogen-bond acceptors (Lipinski definition) is 0. The smallest absolute Gasteiger partial charge is 0.123 e. The summed E-state index contributed by atoms with van der Waals surface area (Å²) in [5.74, 6) is 5.26. The highest BCUT2D eigenvalue weighted by Crippen LogP contribution is 2.50. The summed E-state index contributed by atoms with van der Waals surface area (Å²) in [4.78, 5) is 2.97. The standard InChI is InChI=1S/C25H35FS2/c1-25(2,3)23-11-10-20(27-13-7-8-14-27)18-21(23)22-17-19(26)9-12-24(22)28-15-5-4-6-16-28/h9-12,17-18,27-28H,4-8,13-16H2,1-3H3. The van der Waals surface area contributed by atoms with Crippen molar-refractivity contribution < 1.29 is 4.39 Å². The lowest BCUT2D eigenvalue weighted by atomic mass is 9.82. The first kappa shape index (κ1) is 20.3. The molecule has 0 amide bonds. The van der Waals surface area contributed by atoms with Crippen LogP contribution in [-0.2, 0) is 5.41 Å². The van der Waals surface area contributed by atoms with E-state index < -0.39 is 0 Å². The van der Waals surface area contributed by atoms with Crippen LogP contribution in [0.4, 0.5) is 4.39 Å². The van der Waals surface area contributed by atoms with Gasteiger partial charge in [0.25, 0.3) is 0 Å². The highest BCUT2D eigenvalue weighted by molar-refractivity contribution is 8.17. The molecule has 2 saturated heterocycles. The molecule has 2 aromatic rings. The maximum absolute atomic E-state index is 14.4. The molecule has 0 radical (unpaired) electrons. The van der Waals surface area contributed by atoms with E-state index >= 15 is 0 Å². The van der Waals surface area contributed by atoms with Crippen LogP contribution >= 0.6 is 21.8 Å². The molecule has 0 unspecified atom stereocenters.